The van der Waals surface area contributed by atoms with Crippen LogP contribution in [0.25, 0.3) is 0 Å². The highest BCUT2D eigenvalue weighted by atomic mass is 16.5. The molecular weight excluding hydrogens is 220 g/mol. The molecule has 1 amide bonds. The van der Waals surface area contributed by atoms with Gasteiger partial charge < -0.3 is 20.1 Å². The minimum Gasteiger partial charge on any atom is -0.383 e. The molecule has 2 unspecified atom stereocenters. The number of methoxy groups -OCH3 is 2. The molecule has 0 radical (unpaired) electrons. The molecule has 0 aromatic heterocycles. The lowest BCUT2D eigenvalue weighted by atomic mass is 10.1. The Morgan fingerprint density at radius 1 is 1.12 bits per heavy atom. The molecule has 5 heteroatoms. The minimum atomic E-state index is -0.0173. The van der Waals surface area contributed by atoms with Gasteiger partial charge in [-0.3, -0.25) is 4.79 Å². The van der Waals surface area contributed by atoms with Crippen molar-refractivity contribution in [3.63, 3.8) is 0 Å². The van der Waals surface area contributed by atoms with Crippen LogP contribution < -0.4 is 10.6 Å². The average molecular weight is 246 g/mol. The van der Waals surface area contributed by atoms with Crippen LogP contribution in [0.4, 0.5) is 0 Å². The summed E-state index contributed by atoms with van der Waals surface area (Å²) in [5, 5.41) is 6.04. The van der Waals surface area contributed by atoms with E-state index in [0.717, 1.165) is 0 Å². The number of amides is 1. The molecule has 0 aromatic carbocycles. The first-order valence-electron chi connectivity index (χ1n) is 6.01. The van der Waals surface area contributed by atoms with Gasteiger partial charge in [0.05, 0.1) is 19.8 Å². The van der Waals surface area contributed by atoms with Gasteiger partial charge in [-0.15, -0.1) is 0 Å². The summed E-state index contributed by atoms with van der Waals surface area (Å²) in [5.41, 5.74) is 0. The molecule has 102 valence electrons. The minimum absolute atomic E-state index is 0.0173. The number of hydrogen-bond acceptors (Lipinski definition) is 4. The maximum absolute atomic E-state index is 11.6. The van der Waals surface area contributed by atoms with E-state index in [9.17, 15) is 4.79 Å². The fourth-order valence-corrected chi connectivity index (χ4v) is 1.51. The molecule has 0 aliphatic rings. The summed E-state index contributed by atoms with van der Waals surface area (Å²) in [6, 6.07) is 0.234. The first kappa shape index (κ1) is 16.4. The Bertz CT molecular complexity index is 210. The Balaban J connectivity index is 3.87. The van der Waals surface area contributed by atoms with Crippen LogP contribution in [-0.2, 0) is 14.3 Å². The monoisotopic (exact) mass is 246 g/mol. The zero-order valence-electron chi connectivity index (χ0n) is 11.6. The van der Waals surface area contributed by atoms with E-state index in [-0.39, 0.29) is 18.0 Å². The van der Waals surface area contributed by atoms with Crippen LogP contribution in [0.3, 0.4) is 0 Å². The molecule has 2 atom stereocenters. The van der Waals surface area contributed by atoms with E-state index in [1.54, 1.807) is 14.2 Å². The fourth-order valence-electron chi connectivity index (χ4n) is 1.51. The summed E-state index contributed by atoms with van der Waals surface area (Å²) in [4.78, 5) is 11.6. The van der Waals surface area contributed by atoms with Crippen molar-refractivity contribution in [3.05, 3.63) is 0 Å². The van der Waals surface area contributed by atoms with Gasteiger partial charge in [-0.05, 0) is 12.8 Å². The summed E-state index contributed by atoms with van der Waals surface area (Å²) < 4.78 is 10.1. The molecule has 0 spiro atoms. The van der Waals surface area contributed by atoms with Gasteiger partial charge in [-0.25, -0.2) is 0 Å². The number of carbonyl (C=O) groups is 1. The molecule has 0 aliphatic heterocycles. The zero-order valence-corrected chi connectivity index (χ0v) is 11.6. The van der Waals surface area contributed by atoms with Gasteiger partial charge in [-0.1, -0.05) is 13.8 Å². The molecule has 0 saturated carbocycles. The summed E-state index contributed by atoms with van der Waals surface area (Å²) >= 11 is 0. The maximum Gasteiger partial charge on any atom is 0.234 e. The Morgan fingerprint density at radius 3 is 2.18 bits per heavy atom. The SMILES string of the molecule is COCC(C)NC(=O)CNC(COC)C(C)C. The third-order valence-electron chi connectivity index (χ3n) is 2.50. The normalized spacial score (nSPS) is 14.7. The molecule has 0 saturated heterocycles. The first-order chi connectivity index (χ1) is 8.01. The van der Waals surface area contributed by atoms with Gasteiger partial charge in [0.2, 0.25) is 5.91 Å². The van der Waals surface area contributed by atoms with Crippen LogP contribution >= 0.6 is 0 Å². The van der Waals surface area contributed by atoms with Crippen molar-refractivity contribution >= 4 is 5.91 Å². The number of hydrogen-bond donors (Lipinski definition) is 2. The second-order valence-electron chi connectivity index (χ2n) is 4.61. The third-order valence-corrected chi connectivity index (χ3v) is 2.50. The largest absolute Gasteiger partial charge is 0.383 e. The second kappa shape index (κ2) is 9.39. The molecule has 0 bridgehead atoms. The highest BCUT2D eigenvalue weighted by molar-refractivity contribution is 5.78. The van der Waals surface area contributed by atoms with E-state index in [2.05, 4.69) is 24.5 Å². The fraction of sp³-hybridized carbons (Fsp3) is 0.917. The molecule has 17 heavy (non-hydrogen) atoms. The summed E-state index contributed by atoms with van der Waals surface area (Å²) in [7, 11) is 3.28. The topological polar surface area (TPSA) is 59.6 Å². The first-order valence-corrected chi connectivity index (χ1v) is 6.01. The summed E-state index contributed by atoms with van der Waals surface area (Å²) in [6.07, 6.45) is 0. The van der Waals surface area contributed by atoms with Crippen molar-refractivity contribution in [3.8, 4) is 0 Å². The van der Waals surface area contributed by atoms with Gasteiger partial charge in [0.25, 0.3) is 0 Å². The standard InChI is InChI=1S/C12H26N2O3/c1-9(2)11(8-17-5)13-6-12(15)14-10(3)7-16-4/h9-11,13H,6-8H2,1-5H3,(H,14,15). The zero-order chi connectivity index (χ0) is 13.3. The van der Waals surface area contributed by atoms with Crippen molar-refractivity contribution in [1.82, 2.24) is 10.6 Å². The van der Waals surface area contributed by atoms with E-state index in [1.165, 1.54) is 0 Å². The quantitative estimate of drug-likeness (QED) is 0.618. The van der Waals surface area contributed by atoms with Gasteiger partial charge in [0.15, 0.2) is 0 Å². The van der Waals surface area contributed by atoms with Crippen LogP contribution in [-0.4, -0.2) is 52.0 Å². The van der Waals surface area contributed by atoms with Crippen LogP contribution in [0.2, 0.25) is 0 Å². The molecule has 5 nitrogen and oxygen atoms in total. The molecule has 0 aromatic rings. The average Bonchev–Trinajstić information content (AvgIpc) is 2.23. The van der Waals surface area contributed by atoms with Crippen LogP contribution in [0.1, 0.15) is 20.8 Å². The Hall–Kier alpha value is -0.650. The maximum atomic E-state index is 11.6. The third kappa shape index (κ3) is 8.12. The van der Waals surface area contributed by atoms with E-state index in [0.29, 0.717) is 25.7 Å². The van der Waals surface area contributed by atoms with Crippen LogP contribution in [0, 0.1) is 5.92 Å². The van der Waals surface area contributed by atoms with E-state index < -0.39 is 0 Å². The predicted octanol–water partition coefficient (Wildman–Crippen LogP) is 0.398. The number of ether oxygens (including phenoxy) is 2. The molecule has 0 aliphatic carbocycles. The van der Waals surface area contributed by atoms with Crippen molar-refractivity contribution in [2.45, 2.75) is 32.9 Å². The number of rotatable bonds is 9. The van der Waals surface area contributed by atoms with Crippen LogP contribution in [0.15, 0.2) is 0 Å². The van der Waals surface area contributed by atoms with E-state index in [1.807, 2.05) is 6.92 Å². The molecule has 0 fully saturated rings. The molecule has 2 N–H and O–H groups in total. The van der Waals surface area contributed by atoms with Gasteiger partial charge in [-0.2, -0.15) is 0 Å². The second-order valence-corrected chi connectivity index (χ2v) is 4.61. The lowest BCUT2D eigenvalue weighted by Gasteiger charge is -2.22. The van der Waals surface area contributed by atoms with Crippen molar-refractivity contribution in [2.24, 2.45) is 5.92 Å². The van der Waals surface area contributed by atoms with Gasteiger partial charge in [0, 0.05) is 26.3 Å². The van der Waals surface area contributed by atoms with Gasteiger partial charge >= 0.3 is 0 Å². The predicted molar refractivity (Wildman–Crippen MR) is 68.0 cm³/mol. The van der Waals surface area contributed by atoms with E-state index >= 15 is 0 Å². The highest BCUT2D eigenvalue weighted by Gasteiger charge is 2.14. The summed E-state index contributed by atoms with van der Waals surface area (Å²) in [6.45, 7) is 7.55. The number of nitrogens with one attached hydrogen (secondary N) is 2. The van der Waals surface area contributed by atoms with Crippen molar-refractivity contribution in [1.29, 1.82) is 0 Å². The van der Waals surface area contributed by atoms with Crippen molar-refractivity contribution in [2.75, 3.05) is 34.0 Å². The Labute approximate surface area is 104 Å². The lowest BCUT2D eigenvalue weighted by molar-refractivity contribution is -0.121. The van der Waals surface area contributed by atoms with Crippen molar-refractivity contribution < 1.29 is 14.3 Å². The van der Waals surface area contributed by atoms with Gasteiger partial charge in [0.1, 0.15) is 0 Å². The molecule has 0 heterocycles. The Kier molecular flexibility index (Phi) is 9.03. The highest BCUT2D eigenvalue weighted by Crippen LogP contribution is 2.01. The molecular formula is C12H26N2O3. The number of carbonyl (C=O) groups excluding carboxylic acids is 1. The van der Waals surface area contributed by atoms with E-state index in [4.69, 9.17) is 9.47 Å². The lowest BCUT2D eigenvalue weighted by Crippen LogP contribution is -2.46. The molecule has 0 rings (SSSR count). The summed E-state index contributed by atoms with van der Waals surface area (Å²) in [5.74, 6) is 0.412. The van der Waals surface area contributed by atoms with Crippen LogP contribution in [0.5, 0.6) is 0 Å². The Morgan fingerprint density at radius 2 is 1.71 bits per heavy atom. The smallest absolute Gasteiger partial charge is 0.234 e.